The predicted octanol–water partition coefficient (Wildman–Crippen LogP) is 4.54. The number of hydrogen-bond acceptors (Lipinski definition) is 3. The summed E-state index contributed by atoms with van der Waals surface area (Å²) in [6.45, 7) is 3.82. The Labute approximate surface area is 144 Å². The van der Waals surface area contributed by atoms with E-state index in [-0.39, 0.29) is 0 Å². The minimum atomic E-state index is -0.940. The number of unbranched alkanes of at least 4 members (excludes halogenated alkanes) is 1. The number of aliphatic carboxylic acids is 1. The van der Waals surface area contributed by atoms with Crippen LogP contribution in [-0.4, -0.2) is 30.4 Å². The van der Waals surface area contributed by atoms with E-state index < -0.39 is 5.97 Å². The molecular weight excluding hydrogens is 304 g/mol. The minimum Gasteiger partial charge on any atom is -0.493 e. The second-order valence-electron chi connectivity index (χ2n) is 6.42. The first-order valence-corrected chi connectivity index (χ1v) is 8.93. The summed E-state index contributed by atoms with van der Waals surface area (Å²) in [6, 6.07) is 7.52. The lowest BCUT2D eigenvalue weighted by atomic mass is 9.88. The van der Waals surface area contributed by atoms with Gasteiger partial charge in [-0.3, -0.25) is 0 Å². The highest BCUT2D eigenvalue weighted by Crippen LogP contribution is 2.27. The Kier molecular flexibility index (Phi) is 7.83. The number of rotatable bonds is 9. The summed E-state index contributed by atoms with van der Waals surface area (Å²) in [6.07, 6.45) is 10.1. The highest BCUT2D eigenvalue weighted by Gasteiger charge is 2.21. The van der Waals surface area contributed by atoms with Crippen molar-refractivity contribution in [2.45, 2.75) is 51.6 Å². The second-order valence-corrected chi connectivity index (χ2v) is 6.42. The molecule has 0 unspecified atom stereocenters. The second kappa shape index (κ2) is 10.1. The Bertz CT molecular complexity index is 513. The van der Waals surface area contributed by atoms with E-state index in [0.717, 1.165) is 62.7 Å². The Balaban J connectivity index is 1.68. The maximum absolute atomic E-state index is 10.5. The molecule has 24 heavy (non-hydrogen) atoms. The van der Waals surface area contributed by atoms with Crippen LogP contribution in [0.2, 0.25) is 0 Å². The van der Waals surface area contributed by atoms with Gasteiger partial charge in [0.15, 0.2) is 0 Å². The zero-order chi connectivity index (χ0) is 17.2. The predicted molar refractivity (Wildman–Crippen MR) is 95.2 cm³/mol. The van der Waals surface area contributed by atoms with Crippen molar-refractivity contribution in [1.29, 1.82) is 0 Å². The van der Waals surface area contributed by atoms with Crippen LogP contribution in [-0.2, 0) is 9.53 Å². The molecule has 1 aliphatic carbocycles. The number of carbonyl (C=O) groups is 1. The van der Waals surface area contributed by atoms with E-state index in [2.05, 4.69) is 6.92 Å². The Hall–Kier alpha value is -1.81. The van der Waals surface area contributed by atoms with Crippen LogP contribution in [0, 0.1) is 5.92 Å². The van der Waals surface area contributed by atoms with Gasteiger partial charge < -0.3 is 14.6 Å². The quantitative estimate of drug-likeness (QED) is 0.533. The molecule has 0 amide bonds. The molecule has 0 saturated heterocycles. The summed E-state index contributed by atoms with van der Waals surface area (Å²) in [5.74, 6) is 0.496. The molecule has 1 aliphatic rings. The number of carboxylic acids is 1. The topological polar surface area (TPSA) is 55.8 Å². The molecule has 0 radical (unpaired) electrons. The molecule has 0 spiro atoms. The molecule has 0 aromatic heterocycles. The van der Waals surface area contributed by atoms with E-state index in [9.17, 15) is 4.79 Å². The van der Waals surface area contributed by atoms with Gasteiger partial charge >= 0.3 is 5.97 Å². The molecule has 1 aromatic rings. The van der Waals surface area contributed by atoms with Gasteiger partial charge in [0.1, 0.15) is 5.75 Å². The van der Waals surface area contributed by atoms with Crippen LogP contribution in [0.3, 0.4) is 0 Å². The lowest BCUT2D eigenvalue weighted by Gasteiger charge is -2.28. The molecule has 132 valence electrons. The van der Waals surface area contributed by atoms with Crippen molar-refractivity contribution >= 4 is 12.0 Å². The van der Waals surface area contributed by atoms with Gasteiger partial charge in [0.05, 0.1) is 12.7 Å². The van der Waals surface area contributed by atoms with E-state index in [0.29, 0.717) is 12.0 Å². The number of ether oxygens (including phenoxy) is 2. The van der Waals surface area contributed by atoms with Gasteiger partial charge in [-0.1, -0.05) is 25.5 Å². The van der Waals surface area contributed by atoms with Crippen LogP contribution < -0.4 is 4.74 Å². The van der Waals surface area contributed by atoms with Crippen molar-refractivity contribution in [2.24, 2.45) is 5.92 Å². The number of carboxylic acid groups (broad SMARTS) is 1. The fourth-order valence-corrected chi connectivity index (χ4v) is 2.92. The molecule has 2 rings (SSSR count). The zero-order valence-corrected chi connectivity index (χ0v) is 14.4. The fraction of sp³-hybridized carbons (Fsp3) is 0.550. The van der Waals surface area contributed by atoms with Crippen molar-refractivity contribution in [3.05, 3.63) is 35.9 Å². The standard InChI is InChI=1S/C20H28O4/c1-2-3-14-23-18-11-6-17(7-12-18)15-24-19-9-4-16(5-10-19)8-13-20(21)22/h4-5,8-10,13,17-18H,2-3,6-7,11-12,14-15H2,1H3,(H,21,22). The molecular formula is C20H28O4. The summed E-state index contributed by atoms with van der Waals surface area (Å²) in [4.78, 5) is 10.5. The molecule has 1 N–H and O–H groups in total. The first-order valence-electron chi connectivity index (χ1n) is 8.93. The van der Waals surface area contributed by atoms with E-state index in [1.165, 1.54) is 6.42 Å². The number of hydrogen-bond donors (Lipinski definition) is 1. The summed E-state index contributed by atoms with van der Waals surface area (Å²) in [7, 11) is 0. The molecule has 0 bridgehead atoms. The molecule has 1 fully saturated rings. The van der Waals surface area contributed by atoms with E-state index in [1.54, 1.807) is 6.08 Å². The minimum absolute atomic E-state index is 0.438. The maximum Gasteiger partial charge on any atom is 0.328 e. The van der Waals surface area contributed by atoms with Gasteiger partial charge in [0, 0.05) is 12.7 Å². The van der Waals surface area contributed by atoms with Crippen LogP contribution in [0.5, 0.6) is 5.75 Å². The van der Waals surface area contributed by atoms with Crippen molar-refractivity contribution in [3.8, 4) is 5.75 Å². The van der Waals surface area contributed by atoms with Crippen molar-refractivity contribution < 1.29 is 19.4 Å². The van der Waals surface area contributed by atoms with Gasteiger partial charge in [-0.25, -0.2) is 4.79 Å². The number of benzene rings is 1. The Morgan fingerprint density at radius 3 is 2.54 bits per heavy atom. The first kappa shape index (κ1) is 18.5. The molecule has 0 atom stereocenters. The molecule has 4 nitrogen and oxygen atoms in total. The summed E-state index contributed by atoms with van der Waals surface area (Å²) < 4.78 is 11.8. The maximum atomic E-state index is 10.5. The highest BCUT2D eigenvalue weighted by molar-refractivity contribution is 5.85. The SMILES string of the molecule is CCCCOC1CCC(COc2ccc(C=CC(=O)O)cc2)CC1. The summed E-state index contributed by atoms with van der Waals surface area (Å²) in [5, 5.41) is 8.62. The van der Waals surface area contributed by atoms with Gasteiger partial charge in [-0.15, -0.1) is 0 Å². The monoisotopic (exact) mass is 332 g/mol. The third kappa shape index (κ3) is 6.75. The molecule has 0 heterocycles. The van der Waals surface area contributed by atoms with Crippen LogP contribution >= 0.6 is 0 Å². The largest absolute Gasteiger partial charge is 0.493 e. The van der Waals surface area contributed by atoms with Crippen LogP contribution in [0.15, 0.2) is 30.3 Å². The smallest absolute Gasteiger partial charge is 0.328 e. The summed E-state index contributed by atoms with van der Waals surface area (Å²) in [5.41, 5.74) is 0.856. The van der Waals surface area contributed by atoms with Gasteiger partial charge in [-0.05, 0) is 61.8 Å². The lowest BCUT2D eigenvalue weighted by molar-refractivity contribution is -0.131. The third-order valence-electron chi connectivity index (χ3n) is 4.43. The molecule has 1 aromatic carbocycles. The average Bonchev–Trinajstić information content (AvgIpc) is 2.60. The molecule has 4 heteroatoms. The summed E-state index contributed by atoms with van der Waals surface area (Å²) >= 11 is 0. The van der Waals surface area contributed by atoms with Crippen molar-refractivity contribution in [1.82, 2.24) is 0 Å². The molecule has 0 aliphatic heterocycles. The normalized spacial score (nSPS) is 21.0. The third-order valence-corrected chi connectivity index (χ3v) is 4.43. The molecule has 1 saturated carbocycles. The van der Waals surface area contributed by atoms with E-state index >= 15 is 0 Å². The Morgan fingerprint density at radius 1 is 1.21 bits per heavy atom. The van der Waals surface area contributed by atoms with Crippen LogP contribution in [0.1, 0.15) is 51.0 Å². The lowest BCUT2D eigenvalue weighted by Crippen LogP contribution is -2.25. The fourth-order valence-electron chi connectivity index (χ4n) is 2.92. The van der Waals surface area contributed by atoms with Crippen molar-refractivity contribution in [2.75, 3.05) is 13.2 Å². The van der Waals surface area contributed by atoms with E-state index in [1.807, 2.05) is 24.3 Å². The van der Waals surface area contributed by atoms with Gasteiger partial charge in [0.2, 0.25) is 0 Å². The first-order chi connectivity index (χ1) is 11.7. The van der Waals surface area contributed by atoms with Crippen LogP contribution in [0.25, 0.3) is 6.08 Å². The van der Waals surface area contributed by atoms with Crippen molar-refractivity contribution in [3.63, 3.8) is 0 Å². The zero-order valence-electron chi connectivity index (χ0n) is 14.4. The Morgan fingerprint density at radius 2 is 1.92 bits per heavy atom. The van der Waals surface area contributed by atoms with Gasteiger partial charge in [-0.2, -0.15) is 0 Å². The van der Waals surface area contributed by atoms with Gasteiger partial charge in [0.25, 0.3) is 0 Å². The van der Waals surface area contributed by atoms with Crippen LogP contribution in [0.4, 0.5) is 0 Å². The van der Waals surface area contributed by atoms with E-state index in [4.69, 9.17) is 14.6 Å². The average molecular weight is 332 g/mol. The highest BCUT2D eigenvalue weighted by atomic mass is 16.5.